The molecule has 0 aliphatic carbocycles. The summed E-state index contributed by atoms with van der Waals surface area (Å²) in [5.74, 6) is -0.457. The highest BCUT2D eigenvalue weighted by Gasteiger charge is 2.24. The van der Waals surface area contributed by atoms with Crippen LogP contribution in [0.5, 0.6) is 0 Å². The molecular formula is C31H32N6O4. The topological polar surface area (TPSA) is 121 Å². The summed E-state index contributed by atoms with van der Waals surface area (Å²) in [6.45, 7) is 4.06. The largest absolute Gasteiger partial charge is 0.462 e. The maximum absolute atomic E-state index is 13.4. The molecule has 0 atom stereocenters. The van der Waals surface area contributed by atoms with Gasteiger partial charge in [-0.2, -0.15) is 10.5 Å². The predicted molar refractivity (Wildman–Crippen MR) is 158 cm³/mol. The van der Waals surface area contributed by atoms with Gasteiger partial charge in [0.05, 0.1) is 35.4 Å². The molecule has 0 aromatic heterocycles. The van der Waals surface area contributed by atoms with Crippen LogP contribution in [-0.2, 0) is 4.74 Å². The number of hydrogen-bond donors (Lipinski definition) is 0. The maximum Gasteiger partial charge on any atom is 0.338 e. The third-order valence-electron chi connectivity index (χ3n) is 6.38. The van der Waals surface area contributed by atoms with E-state index < -0.39 is 18.0 Å². The molecule has 0 unspecified atom stereocenters. The number of nitriles is 2. The van der Waals surface area contributed by atoms with Gasteiger partial charge >= 0.3 is 18.0 Å². The minimum absolute atomic E-state index is 0.122. The summed E-state index contributed by atoms with van der Waals surface area (Å²) >= 11 is 0. The standard InChI is InChI=1S/C31H32N6O4/c1-21(2)20-41-29(38)24-15-27(36(5)30(39)34(3)25-11-7-22(18-32)8-12-25)17-28(16-24)37(6)31(40)35(4)26-13-9-23(19-33)10-14-26/h7-17,21H,20H2,1-6H3. The van der Waals surface area contributed by atoms with E-state index in [1.165, 1.54) is 19.6 Å². The normalized spacial score (nSPS) is 10.3. The monoisotopic (exact) mass is 552 g/mol. The molecule has 0 aliphatic heterocycles. The van der Waals surface area contributed by atoms with E-state index >= 15 is 0 Å². The minimum atomic E-state index is -0.579. The smallest absolute Gasteiger partial charge is 0.338 e. The maximum atomic E-state index is 13.4. The number of urea groups is 2. The molecule has 3 aromatic carbocycles. The lowest BCUT2D eigenvalue weighted by Gasteiger charge is -2.28. The second kappa shape index (κ2) is 13.1. The van der Waals surface area contributed by atoms with Crippen molar-refractivity contribution in [2.75, 3.05) is 54.4 Å². The van der Waals surface area contributed by atoms with Crippen LogP contribution in [0.1, 0.15) is 35.3 Å². The summed E-state index contributed by atoms with van der Waals surface area (Å²) in [5, 5.41) is 18.1. The Morgan fingerprint density at radius 1 is 0.659 bits per heavy atom. The first-order chi connectivity index (χ1) is 19.5. The summed E-state index contributed by atoms with van der Waals surface area (Å²) in [4.78, 5) is 45.4. The number of carbonyl (C=O) groups excluding carboxylic acids is 3. The van der Waals surface area contributed by atoms with Gasteiger partial charge < -0.3 is 4.74 Å². The molecule has 0 spiro atoms. The van der Waals surface area contributed by atoms with E-state index in [4.69, 9.17) is 15.3 Å². The second-order valence-corrected chi connectivity index (χ2v) is 9.85. The van der Waals surface area contributed by atoms with Crippen molar-refractivity contribution in [3.63, 3.8) is 0 Å². The van der Waals surface area contributed by atoms with Gasteiger partial charge in [-0.05, 0) is 72.6 Å². The Balaban J connectivity index is 1.96. The fourth-order valence-electron chi connectivity index (χ4n) is 3.84. The first-order valence-electron chi connectivity index (χ1n) is 12.8. The Morgan fingerprint density at radius 2 is 1.02 bits per heavy atom. The molecule has 41 heavy (non-hydrogen) atoms. The summed E-state index contributed by atoms with van der Waals surface area (Å²) in [6.07, 6.45) is 0. The quantitative estimate of drug-likeness (QED) is 0.350. The van der Waals surface area contributed by atoms with E-state index in [1.807, 2.05) is 26.0 Å². The zero-order chi connectivity index (χ0) is 30.3. The van der Waals surface area contributed by atoms with Gasteiger partial charge in [0, 0.05) is 50.9 Å². The fraction of sp³-hybridized carbons (Fsp3) is 0.258. The predicted octanol–water partition coefficient (Wildman–Crippen LogP) is 5.63. The van der Waals surface area contributed by atoms with E-state index in [0.717, 1.165) is 0 Å². The number of esters is 1. The third kappa shape index (κ3) is 7.20. The Bertz CT molecular complexity index is 1400. The number of anilines is 4. The number of amides is 4. The van der Waals surface area contributed by atoms with Crippen LogP contribution >= 0.6 is 0 Å². The van der Waals surface area contributed by atoms with Crippen molar-refractivity contribution in [2.24, 2.45) is 5.92 Å². The molecule has 0 N–H and O–H groups in total. The van der Waals surface area contributed by atoms with Gasteiger partial charge in [-0.3, -0.25) is 19.6 Å². The van der Waals surface area contributed by atoms with Gasteiger partial charge in [0.2, 0.25) is 0 Å². The van der Waals surface area contributed by atoms with Crippen molar-refractivity contribution in [3.8, 4) is 12.1 Å². The van der Waals surface area contributed by atoms with E-state index in [0.29, 0.717) is 33.9 Å². The van der Waals surface area contributed by atoms with Gasteiger partial charge in [0.1, 0.15) is 0 Å². The summed E-state index contributed by atoms with van der Waals surface area (Å²) < 4.78 is 5.44. The lowest BCUT2D eigenvalue weighted by atomic mass is 10.1. The van der Waals surface area contributed by atoms with Gasteiger partial charge in [-0.1, -0.05) is 13.8 Å². The van der Waals surface area contributed by atoms with Crippen molar-refractivity contribution >= 4 is 40.8 Å². The minimum Gasteiger partial charge on any atom is -0.462 e. The SMILES string of the molecule is CC(C)COC(=O)c1cc(N(C)C(=O)N(C)c2ccc(C#N)cc2)cc(N(C)C(=O)N(C)c2ccc(C#N)cc2)c1. The van der Waals surface area contributed by atoms with Crippen LogP contribution in [-0.4, -0.2) is 52.8 Å². The van der Waals surface area contributed by atoms with Crippen LogP contribution in [0.3, 0.4) is 0 Å². The van der Waals surface area contributed by atoms with E-state index in [9.17, 15) is 14.4 Å². The van der Waals surface area contributed by atoms with Crippen molar-refractivity contribution in [2.45, 2.75) is 13.8 Å². The molecule has 3 aromatic rings. The zero-order valence-electron chi connectivity index (χ0n) is 24.0. The lowest BCUT2D eigenvalue weighted by Crippen LogP contribution is -2.40. The van der Waals surface area contributed by atoms with Crippen LogP contribution in [0.2, 0.25) is 0 Å². The van der Waals surface area contributed by atoms with Gasteiger partial charge in [-0.15, -0.1) is 0 Å². The number of hydrogen-bond acceptors (Lipinski definition) is 6. The van der Waals surface area contributed by atoms with E-state index in [-0.39, 0.29) is 18.1 Å². The van der Waals surface area contributed by atoms with Crippen LogP contribution in [0.25, 0.3) is 0 Å². The molecular weight excluding hydrogens is 520 g/mol. The molecule has 0 bridgehead atoms. The Kier molecular flexibility index (Phi) is 9.67. The molecule has 0 radical (unpaired) electrons. The first kappa shape index (κ1) is 30.2. The molecule has 4 amide bonds. The molecule has 0 saturated heterocycles. The number of rotatable bonds is 7. The molecule has 10 heteroatoms. The Labute approximate surface area is 240 Å². The second-order valence-electron chi connectivity index (χ2n) is 9.85. The van der Waals surface area contributed by atoms with Crippen LogP contribution < -0.4 is 19.6 Å². The summed E-state index contributed by atoms with van der Waals surface area (Å²) in [5.41, 5.74) is 3.00. The molecule has 3 rings (SSSR count). The molecule has 0 aliphatic rings. The van der Waals surface area contributed by atoms with E-state index in [2.05, 4.69) is 0 Å². The Hall–Kier alpha value is -5.35. The van der Waals surface area contributed by atoms with E-state index in [1.54, 1.807) is 94.9 Å². The number of benzene rings is 3. The highest BCUT2D eigenvalue weighted by molar-refractivity contribution is 6.06. The number of nitrogens with zero attached hydrogens (tertiary/aromatic N) is 6. The van der Waals surface area contributed by atoms with Gasteiger partial charge in [0.25, 0.3) is 0 Å². The number of carbonyl (C=O) groups is 3. The van der Waals surface area contributed by atoms with Crippen LogP contribution in [0.4, 0.5) is 32.3 Å². The number of ether oxygens (including phenoxy) is 1. The van der Waals surface area contributed by atoms with Crippen molar-refractivity contribution in [1.82, 2.24) is 0 Å². The lowest BCUT2D eigenvalue weighted by molar-refractivity contribution is 0.0459. The summed E-state index contributed by atoms with van der Waals surface area (Å²) in [6, 6.07) is 21.1. The van der Waals surface area contributed by atoms with Crippen molar-refractivity contribution < 1.29 is 19.1 Å². The molecule has 0 fully saturated rings. The van der Waals surface area contributed by atoms with Crippen LogP contribution in [0.15, 0.2) is 66.7 Å². The van der Waals surface area contributed by atoms with Crippen molar-refractivity contribution in [1.29, 1.82) is 10.5 Å². The van der Waals surface area contributed by atoms with Crippen LogP contribution in [0, 0.1) is 28.6 Å². The van der Waals surface area contributed by atoms with Gasteiger partial charge in [0.15, 0.2) is 0 Å². The highest BCUT2D eigenvalue weighted by atomic mass is 16.5. The molecule has 210 valence electrons. The van der Waals surface area contributed by atoms with Crippen molar-refractivity contribution in [3.05, 3.63) is 83.4 Å². The average molecular weight is 553 g/mol. The average Bonchev–Trinajstić information content (AvgIpc) is 3.01. The van der Waals surface area contributed by atoms with Gasteiger partial charge in [-0.25, -0.2) is 14.4 Å². The molecule has 10 nitrogen and oxygen atoms in total. The summed E-state index contributed by atoms with van der Waals surface area (Å²) in [7, 11) is 6.33. The highest BCUT2D eigenvalue weighted by Crippen LogP contribution is 2.28. The fourth-order valence-corrected chi connectivity index (χ4v) is 3.84. The first-order valence-corrected chi connectivity index (χ1v) is 12.8. The molecule has 0 heterocycles. The molecule has 0 saturated carbocycles. The Morgan fingerprint density at radius 3 is 1.37 bits per heavy atom. The zero-order valence-corrected chi connectivity index (χ0v) is 24.0. The third-order valence-corrected chi connectivity index (χ3v) is 6.38.